The van der Waals surface area contributed by atoms with E-state index < -0.39 is 7.12 Å². The van der Waals surface area contributed by atoms with E-state index in [9.17, 15) is 10.0 Å². The van der Waals surface area contributed by atoms with Crippen LogP contribution in [0, 0.1) is 0 Å². The fraction of sp³-hybridized carbons (Fsp3) is 0.333. The lowest BCUT2D eigenvalue weighted by Crippen LogP contribution is -2.33. The maximum absolute atomic E-state index is 9.25. The normalized spacial score (nSPS) is 10.2. The third-order valence-corrected chi connectivity index (χ3v) is 2.56. The first-order valence-corrected chi connectivity index (χ1v) is 5.32. The maximum Gasteiger partial charge on any atom is 0.493 e. The highest BCUT2D eigenvalue weighted by Crippen LogP contribution is 2.36. The van der Waals surface area contributed by atoms with Gasteiger partial charge in [-0.25, -0.2) is 0 Å². The van der Waals surface area contributed by atoms with Crippen LogP contribution in [0.1, 0.15) is 0 Å². The first-order chi connectivity index (χ1) is 8.02. The van der Waals surface area contributed by atoms with Gasteiger partial charge in [0.1, 0.15) is 0 Å². The second kappa shape index (κ2) is 6.32. The van der Waals surface area contributed by atoms with Gasteiger partial charge < -0.3 is 24.3 Å². The molecule has 0 radical (unpaired) electrons. The molecule has 0 aromatic heterocycles. The Morgan fingerprint density at radius 3 is 2.29 bits per heavy atom. The van der Waals surface area contributed by atoms with E-state index in [4.69, 9.17) is 37.4 Å². The average molecular weight is 281 g/mol. The lowest BCUT2D eigenvalue weighted by atomic mass is 9.79. The van der Waals surface area contributed by atoms with Gasteiger partial charge in [0.15, 0.2) is 18.3 Å². The fourth-order valence-corrected chi connectivity index (χ4v) is 1.91. The summed E-state index contributed by atoms with van der Waals surface area (Å²) in [6.45, 7) is -0.104. The van der Waals surface area contributed by atoms with Crippen LogP contribution in [0.2, 0.25) is 10.0 Å². The van der Waals surface area contributed by atoms with Crippen molar-refractivity contribution in [2.45, 2.75) is 0 Å². The Hall–Kier alpha value is -0.655. The molecule has 0 saturated carbocycles. The average Bonchev–Trinajstić information content (AvgIpc) is 2.25. The predicted molar refractivity (Wildman–Crippen MR) is 65.3 cm³/mol. The zero-order chi connectivity index (χ0) is 13.0. The topological polar surface area (TPSA) is 68.2 Å². The Bertz CT molecular complexity index is 399. The van der Waals surface area contributed by atoms with Gasteiger partial charge in [-0.2, -0.15) is 0 Å². The Kier molecular flexibility index (Phi) is 5.36. The van der Waals surface area contributed by atoms with Gasteiger partial charge in [0.25, 0.3) is 0 Å². The molecular formula is C9H11BCl2O5. The van der Waals surface area contributed by atoms with Gasteiger partial charge >= 0.3 is 7.12 Å². The zero-order valence-electron chi connectivity index (χ0n) is 9.24. The molecule has 0 amide bonds. The molecule has 5 nitrogen and oxygen atoms in total. The summed E-state index contributed by atoms with van der Waals surface area (Å²) in [6, 6.07) is 1.34. The maximum atomic E-state index is 9.25. The smallest absolute Gasteiger partial charge is 0.491 e. The summed E-state index contributed by atoms with van der Waals surface area (Å²) in [5, 5.41) is 18.8. The number of hydrogen-bond acceptors (Lipinski definition) is 5. The van der Waals surface area contributed by atoms with Crippen molar-refractivity contribution in [3.05, 3.63) is 16.1 Å². The van der Waals surface area contributed by atoms with E-state index in [1.54, 1.807) is 0 Å². The number of benzene rings is 1. The molecule has 1 aromatic carbocycles. The molecular weight excluding hydrogens is 270 g/mol. The van der Waals surface area contributed by atoms with Crippen molar-refractivity contribution < 1.29 is 24.3 Å². The predicted octanol–water partition coefficient (Wildman–Crippen LogP) is 0.664. The Morgan fingerprint density at radius 2 is 1.82 bits per heavy atom. The number of methoxy groups -OCH3 is 2. The summed E-state index contributed by atoms with van der Waals surface area (Å²) in [4.78, 5) is 0. The Labute approximate surface area is 109 Å². The van der Waals surface area contributed by atoms with Crippen molar-refractivity contribution in [1.82, 2.24) is 0 Å². The van der Waals surface area contributed by atoms with Crippen LogP contribution in [0.3, 0.4) is 0 Å². The molecule has 8 heteroatoms. The molecule has 0 fully saturated rings. The van der Waals surface area contributed by atoms with E-state index in [0.717, 1.165) is 0 Å². The lowest BCUT2D eigenvalue weighted by molar-refractivity contribution is 0.0498. The van der Waals surface area contributed by atoms with Gasteiger partial charge in [-0.15, -0.1) is 0 Å². The fourth-order valence-electron chi connectivity index (χ4n) is 1.29. The molecule has 2 N–H and O–H groups in total. The number of rotatable bonds is 5. The second-order valence-electron chi connectivity index (χ2n) is 3.04. The standard InChI is InChI=1S/C9H11BCl2O5/c1-15-4-17-9-7(10(13)14)5(11)3-6(12)8(9)16-2/h3,13-14H,4H2,1-2H3. The summed E-state index contributed by atoms with van der Waals surface area (Å²) in [7, 11) is 0.997. The number of halogens is 2. The molecule has 0 aliphatic carbocycles. The summed E-state index contributed by atoms with van der Waals surface area (Å²) in [6.07, 6.45) is 0. The zero-order valence-corrected chi connectivity index (χ0v) is 10.7. The number of hydrogen-bond donors (Lipinski definition) is 2. The molecule has 0 unspecified atom stereocenters. The second-order valence-corrected chi connectivity index (χ2v) is 3.86. The van der Waals surface area contributed by atoms with Crippen LogP contribution < -0.4 is 14.9 Å². The van der Waals surface area contributed by atoms with E-state index in [2.05, 4.69) is 0 Å². The molecule has 0 bridgehead atoms. The van der Waals surface area contributed by atoms with Crippen molar-refractivity contribution in [3.63, 3.8) is 0 Å². The Balaban J connectivity index is 3.34. The third kappa shape index (κ3) is 3.17. The SMILES string of the molecule is COCOc1c(OC)c(Cl)cc(Cl)c1B(O)O. The van der Waals surface area contributed by atoms with Crippen molar-refractivity contribution in [3.8, 4) is 11.5 Å². The molecule has 0 spiro atoms. The van der Waals surface area contributed by atoms with Crippen molar-refractivity contribution >= 4 is 35.8 Å². The van der Waals surface area contributed by atoms with E-state index in [0.29, 0.717) is 0 Å². The van der Waals surface area contributed by atoms with Gasteiger partial charge in [-0.05, 0) is 6.07 Å². The minimum absolute atomic E-state index is 0.0232. The third-order valence-electron chi connectivity index (χ3n) is 1.96. The molecule has 94 valence electrons. The highest BCUT2D eigenvalue weighted by molar-refractivity contribution is 6.64. The van der Waals surface area contributed by atoms with Crippen LogP contribution in [-0.4, -0.2) is 38.2 Å². The van der Waals surface area contributed by atoms with Crippen LogP contribution in [-0.2, 0) is 4.74 Å². The van der Waals surface area contributed by atoms with Gasteiger partial charge in [0, 0.05) is 17.6 Å². The first kappa shape index (κ1) is 14.4. The minimum atomic E-state index is -1.81. The van der Waals surface area contributed by atoms with Gasteiger partial charge in [0.2, 0.25) is 0 Å². The monoisotopic (exact) mass is 280 g/mol. The van der Waals surface area contributed by atoms with E-state index >= 15 is 0 Å². The largest absolute Gasteiger partial charge is 0.493 e. The Morgan fingerprint density at radius 1 is 1.18 bits per heavy atom. The van der Waals surface area contributed by atoms with Crippen LogP contribution >= 0.6 is 23.2 Å². The van der Waals surface area contributed by atoms with Gasteiger partial charge in [-0.1, -0.05) is 23.2 Å². The molecule has 0 aliphatic rings. The summed E-state index contributed by atoms with van der Waals surface area (Å²) >= 11 is 11.8. The van der Waals surface area contributed by atoms with Crippen molar-refractivity contribution in [2.24, 2.45) is 0 Å². The molecule has 1 rings (SSSR count). The van der Waals surface area contributed by atoms with Crippen molar-refractivity contribution in [1.29, 1.82) is 0 Å². The highest BCUT2D eigenvalue weighted by atomic mass is 35.5. The van der Waals surface area contributed by atoms with E-state index in [1.807, 2.05) is 0 Å². The van der Waals surface area contributed by atoms with Gasteiger partial charge in [-0.3, -0.25) is 0 Å². The molecule has 0 atom stereocenters. The molecule has 1 aromatic rings. The first-order valence-electron chi connectivity index (χ1n) is 4.56. The van der Waals surface area contributed by atoms with Crippen LogP contribution in [0.25, 0.3) is 0 Å². The molecule has 0 aliphatic heterocycles. The van der Waals surface area contributed by atoms with Crippen LogP contribution in [0.15, 0.2) is 6.07 Å². The summed E-state index contributed by atoms with van der Waals surface area (Å²) in [5.41, 5.74) is -0.0232. The lowest BCUT2D eigenvalue weighted by Gasteiger charge is -2.16. The van der Waals surface area contributed by atoms with Crippen molar-refractivity contribution in [2.75, 3.05) is 21.0 Å². The quantitative estimate of drug-likeness (QED) is 0.613. The van der Waals surface area contributed by atoms with Crippen LogP contribution in [0.4, 0.5) is 0 Å². The van der Waals surface area contributed by atoms with Gasteiger partial charge in [0.05, 0.1) is 12.1 Å². The molecule has 0 heterocycles. The van der Waals surface area contributed by atoms with E-state index in [1.165, 1.54) is 20.3 Å². The minimum Gasteiger partial charge on any atom is -0.491 e. The van der Waals surface area contributed by atoms with Crippen LogP contribution in [0.5, 0.6) is 11.5 Å². The summed E-state index contributed by atoms with van der Waals surface area (Å²) in [5.74, 6) is 0.207. The molecule has 17 heavy (non-hydrogen) atoms. The highest BCUT2D eigenvalue weighted by Gasteiger charge is 2.26. The summed E-state index contributed by atoms with van der Waals surface area (Å²) < 4.78 is 15.0. The number of ether oxygens (including phenoxy) is 3. The molecule has 0 saturated heterocycles. The van der Waals surface area contributed by atoms with E-state index in [-0.39, 0.29) is 33.8 Å².